The molecule has 1 N–H and O–H groups in total. The van der Waals surface area contributed by atoms with Crippen LogP contribution in [-0.2, 0) is 11.3 Å². The van der Waals surface area contributed by atoms with Gasteiger partial charge in [-0.15, -0.1) is 0 Å². The molecule has 0 amide bonds. The Morgan fingerprint density at radius 2 is 2.25 bits per heavy atom. The lowest BCUT2D eigenvalue weighted by molar-refractivity contribution is 0.199. The minimum Gasteiger partial charge on any atom is -0.383 e. The van der Waals surface area contributed by atoms with Crippen molar-refractivity contribution in [2.75, 3.05) is 31.7 Å². The minimum absolute atomic E-state index is 0.654. The summed E-state index contributed by atoms with van der Waals surface area (Å²) in [6.45, 7) is 6.01. The van der Waals surface area contributed by atoms with Crippen molar-refractivity contribution in [3.8, 4) is 0 Å². The van der Waals surface area contributed by atoms with Gasteiger partial charge in [0.1, 0.15) is 0 Å². The molecule has 0 bridgehead atoms. The number of hydrogen-bond acceptors (Lipinski definition) is 3. The van der Waals surface area contributed by atoms with Gasteiger partial charge in [0.25, 0.3) is 0 Å². The van der Waals surface area contributed by atoms with E-state index in [0.717, 1.165) is 19.7 Å². The van der Waals surface area contributed by atoms with Crippen molar-refractivity contribution < 1.29 is 4.74 Å². The van der Waals surface area contributed by atoms with Crippen LogP contribution in [0.25, 0.3) is 0 Å². The van der Waals surface area contributed by atoms with Gasteiger partial charge < -0.3 is 15.0 Å². The van der Waals surface area contributed by atoms with Gasteiger partial charge in [-0.3, -0.25) is 0 Å². The summed E-state index contributed by atoms with van der Waals surface area (Å²) in [5, 5.41) is 3.38. The number of hydrogen-bond donors (Lipinski definition) is 1. The Kier molecular flexibility index (Phi) is 6.33. The van der Waals surface area contributed by atoms with Crippen molar-refractivity contribution in [2.24, 2.45) is 0 Å². The summed E-state index contributed by atoms with van der Waals surface area (Å²) in [7, 11) is 1.73. The predicted molar refractivity (Wildman–Crippen MR) is 88.4 cm³/mol. The molecule has 1 unspecified atom stereocenters. The normalized spacial score (nSPS) is 19.4. The third kappa shape index (κ3) is 4.21. The SMILES string of the molecule is COCCNCc1ccc(N2CCCCC2C)cc1Br. The van der Waals surface area contributed by atoms with Gasteiger partial charge in [-0.1, -0.05) is 22.0 Å². The van der Waals surface area contributed by atoms with E-state index in [-0.39, 0.29) is 0 Å². The van der Waals surface area contributed by atoms with Gasteiger partial charge in [0.05, 0.1) is 6.61 Å². The molecule has 3 nitrogen and oxygen atoms in total. The lowest BCUT2D eigenvalue weighted by Crippen LogP contribution is -2.37. The van der Waals surface area contributed by atoms with Gasteiger partial charge in [-0.05, 0) is 43.9 Å². The summed E-state index contributed by atoms with van der Waals surface area (Å²) < 4.78 is 6.23. The fourth-order valence-corrected chi connectivity index (χ4v) is 3.24. The van der Waals surface area contributed by atoms with E-state index in [4.69, 9.17) is 4.74 Å². The average Bonchev–Trinajstić information content (AvgIpc) is 2.45. The number of nitrogens with zero attached hydrogens (tertiary/aromatic N) is 1. The summed E-state index contributed by atoms with van der Waals surface area (Å²) >= 11 is 3.70. The number of rotatable bonds is 6. The van der Waals surface area contributed by atoms with Crippen LogP contribution in [0.1, 0.15) is 31.7 Å². The molecule has 0 saturated carbocycles. The molecule has 0 spiro atoms. The van der Waals surface area contributed by atoms with E-state index in [1.165, 1.54) is 41.5 Å². The second-order valence-electron chi connectivity index (χ2n) is 5.48. The van der Waals surface area contributed by atoms with Crippen LogP contribution in [0.3, 0.4) is 0 Å². The number of halogens is 1. The van der Waals surface area contributed by atoms with E-state index < -0.39 is 0 Å². The predicted octanol–water partition coefficient (Wildman–Crippen LogP) is 3.56. The molecular formula is C16H25BrN2O. The summed E-state index contributed by atoms with van der Waals surface area (Å²) in [6.07, 6.45) is 3.97. The van der Waals surface area contributed by atoms with Crippen LogP contribution in [0.2, 0.25) is 0 Å². The first-order valence-corrected chi connectivity index (χ1v) is 8.26. The smallest absolute Gasteiger partial charge is 0.0587 e. The maximum atomic E-state index is 5.04. The van der Waals surface area contributed by atoms with E-state index in [9.17, 15) is 0 Å². The molecule has 2 rings (SSSR count). The maximum absolute atomic E-state index is 5.04. The fraction of sp³-hybridized carbons (Fsp3) is 0.625. The Labute approximate surface area is 130 Å². The first-order valence-electron chi connectivity index (χ1n) is 7.47. The summed E-state index contributed by atoms with van der Waals surface area (Å²) in [5.74, 6) is 0. The highest BCUT2D eigenvalue weighted by molar-refractivity contribution is 9.10. The van der Waals surface area contributed by atoms with Crippen LogP contribution < -0.4 is 10.2 Å². The molecule has 1 saturated heterocycles. The van der Waals surface area contributed by atoms with Crippen LogP contribution in [0.4, 0.5) is 5.69 Å². The number of methoxy groups -OCH3 is 1. The molecule has 1 aliphatic heterocycles. The van der Waals surface area contributed by atoms with Gasteiger partial charge in [0, 0.05) is 42.9 Å². The van der Waals surface area contributed by atoms with E-state index in [1.54, 1.807) is 7.11 Å². The second kappa shape index (κ2) is 8.01. The summed E-state index contributed by atoms with van der Waals surface area (Å²) in [5.41, 5.74) is 2.64. The monoisotopic (exact) mass is 340 g/mol. The molecule has 1 aromatic carbocycles. The lowest BCUT2D eigenvalue weighted by atomic mass is 10.0. The molecule has 1 heterocycles. The molecule has 1 fully saturated rings. The first kappa shape index (κ1) is 15.8. The Hall–Kier alpha value is -0.580. The third-order valence-corrected chi connectivity index (χ3v) is 4.71. The summed E-state index contributed by atoms with van der Waals surface area (Å²) in [6, 6.07) is 7.39. The second-order valence-corrected chi connectivity index (χ2v) is 6.34. The van der Waals surface area contributed by atoms with Crippen LogP contribution in [-0.4, -0.2) is 32.8 Å². The van der Waals surface area contributed by atoms with E-state index in [0.29, 0.717) is 6.04 Å². The Bertz CT molecular complexity index is 425. The van der Waals surface area contributed by atoms with Gasteiger partial charge in [0.2, 0.25) is 0 Å². The van der Waals surface area contributed by atoms with Crippen LogP contribution in [0.15, 0.2) is 22.7 Å². The highest BCUT2D eigenvalue weighted by Gasteiger charge is 2.18. The largest absolute Gasteiger partial charge is 0.383 e. The number of anilines is 1. The highest BCUT2D eigenvalue weighted by Crippen LogP contribution is 2.28. The van der Waals surface area contributed by atoms with Crippen LogP contribution in [0.5, 0.6) is 0 Å². The zero-order chi connectivity index (χ0) is 14.4. The Morgan fingerprint density at radius 1 is 1.40 bits per heavy atom. The minimum atomic E-state index is 0.654. The lowest BCUT2D eigenvalue weighted by Gasteiger charge is -2.35. The van der Waals surface area contributed by atoms with E-state index in [1.807, 2.05) is 0 Å². The molecule has 0 radical (unpaired) electrons. The number of piperidine rings is 1. The first-order chi connectivity index (χ1) is 9.72. The zero-order valence-corrected chi connectivity index (χ0v) is 14.1. The molecule has 1 aromatic rings. The van der Waals surface area contributed by atoms with Crippen molar-refractivity contribution >= 4 is 21.6 Å². The molecule has 4 heteroatoms. The van der Waals surface area contributed by atoms with Gasteiger partial charge in [-0.2, -0.15) is 0 Å². The highest BCUT2D eigenvalue weighted by atomic mass is 79.9. The quantitative estimate of drug-likeness (QED) is 0.801. The van der Waals surface area contributed by atoms with Gasteiger partial charge in [0.15, 0.2) is 0 Å². The molecule has 0 aliphatic carbocycles. The van der Waals surface area contributed by atoms with Crippen molar-refractivity contribution in [3.05, 3.63) is 28.2 Å². The number of benzene rings is 1. The molecule has 1 aliphatic rings. The molecular weight excluding hydrogens is 316 g/mol. The molecule has 112 valence electrons. The third-order valence-electron chi connectivity index (χ3n) is 3.97. The molecule has 20 heavy (non-hydrogen) atoms. The zero-order valence-electron chi connectivity index (χ0n) is 12.5. The Balaban J connectivity index is 1.97. The molecule has 1 atom stereocenters. The fourth-order valence-electron chi connectivity index (χ4n) is 2.74. The van der Waals surface area contributed by atoms with E-state index in [2.05, 4.69) is 51.3 Å². The van der Waals surface area contributed by atoms with Crippen molar-refractivity contribution in [1.82, 2.24) is 5.32 Å². The van der Waals surface area contributed by atoms with Crippen molar-refractivity contribution in [1.29, 1.82) is 0 Å². The van der Waals surface area contributed by atoms with Gasteiger partial charge in [-0.25, -0.2) is 0 Å². The van der Waals surface area contributed by atoms with Crippen molar-refractivity contribution in [3.63, 3.8) is 0 Å². The topological polar surface area (TPSA) is 24.5 Å². The van der Waals surface area contributed by atoms with Gasteiger partial charge >= 0.3 is 0 Å². The van der Waals surface area contributed by atoms with Crippen LogP contribution >= 0.6 is 15.9 Å². The average molecular weight is 341 g/mol. The van der Waals surface area contributed by atoms with E-state index >= 15 is 0 Å². The Morgan fingerprint density at radius 3 is 2.95 bits per heavy atom. The van der Waals surface area contributed by atoms with Crippen LogP contribution in [0, 0.1) is 0 Å². The number of nitrogens with one attached hydrogen (secondary N) is 1. The molecule has 0 aromatic heterocycles. The number of ether oxygens (including phenoxy) is 1. The maximum Gasteiger partial charge on any atom is 0.0587 e. The standard InChI is InChI=1S/C16H25BrN2O/c1-13-5-3-4-9-19(13)15-7-6-14(16(17)11-15)12-18-8-10-20-2/h6-7,11,13,18H,3-5,8-10,12H2,1-2H3. The van der Waals surface area contributed by atoms with Crippen molar-refractivity contribution in [2.45, 2.75) is 38.8 Å². The summed E-state index contributed by atoms with van der Waals surface area (Å²) in [4.78, 5) is 2.52.